The Balaban J connectivity index is 1.80. The average molecular weight is 397 g/mol. The van der Waals surface area contributed by atoms with Gasteiger partial charge in [-0.3, -0.25) is 9.69 Å². The third-order valence-corrected chi connectivity index (χ3v) is 5.27. The van der Waals surface area contributed by atoms with E-state index in [1.807, 2.05) is 38.1 Å². The molecule has 2 amide bonds. The maximum Gasteiger partial charge on any atom is 0.408 e. The molecular weight excluding hydrogens is 376 g/mol. The number of anilines is 1. The summed E-state index contributed by atoms with van der Waals surface area (Å²) in [5.74, 6) is 0.163. The number of fused-ring (bicyclic) bond motifs is 1. The Bertz CT molecular complexity index is 696. The minimum absolute atomic E-state index is 0.0394. The zero-order valence-electron chi connectivity index (χ0n) is 13.9. The number of halogens is 1. The molecule has 0 aromatic carbocycles. The van der Waals surface area contributed by atoms with Crippen molar-refractivity contribution in [2.45, 2.75) is 38.4 Å². The molecule has 1 saturated carbocycles. The van der Waals surface area contributed by atoms with E-state index in [0.717, 1.165) is 12.0 Å². The molecule has 24 heavy (non-hydrogen) atoms. The summed E-state index contributed by atoms with van der Waals surface area (Å²) < 4.78 is 0.622. The van der Waals surface area contributed by atoms with Gasteiger partial charge in [-0.25, -0.2) is 9.78 Å². The van der Waals surface area contributed by atoms with Crippen LogP contribution in [0, 0.1) is 5.41 Å². The van der Waals surface area contributed by atoms with E-state index in [-0.39, 0.29) is 17.4 Å². The van der Waals surface area contributed by atoms with Crippen LogP contribution in [0.5, 0.6) is 0 Å². The molecule has 1 aromatic heterocycles. The van der Waals surface area contributed by atoms with Crippen LogP contribution in [0.2, 0.25) is 0 Å². The maximum absolute atomic E-state index is 12.7. The van der Waals surface area contributed by atoms with Crippen LogP contribution in [0.15, 0.2) is 16.7 Å². The number of carbonyl (C=O) groups excluding carboxylic acids is 1. The first-order valence-electron chi connectivity index (χ1n) is 7.83. The molecular formula is C16H21BrN4O3. The molecule has 1 aromatic rings. The van der Waals surface area contributed by atoms with Gasteiger partial charge in [0.2, 0.25) is 5.91 Å². The lowest BCUT2D eigenvalue weighted by Gasteiger charge is -2.24. The molecule has 1 aliphatic heterocycles. The van der Waals surface area contributed by atoms with Crippen LogP contribution in [0.3, 0.4) is 0 Å². The number of amides is 2. The zero-order valence-corrected chi connectivity index (χ0v) is 15.5. The summed E-state index contributed by atoms with van der Waals surface area (Å²) >= 11 is 3.32. The topological polar surface area (TPSA) is 85.8 Å². The first-order valence-corrected chi connectivity index (χ1v) is 8.63. The molecule has 3 rings (SSSR count). The van der Waals surface area contributed by atoms with E-state index in [1.165, 1.54) is 4.90 Å². The van der Waals surface area contributed by atoms with Gasteiger partial charge in [-0.2, -0.15) is 0 Å². The molecule has 2 fully saturated rings. The molecule has 130 valence electrons. The number of hydrogen-bond donors (Lipinski definition) is 2. The highest BCUT2D eigenvalue weighted by Gasteiger charge is 2.64. The Hall–Kier alpha value is -1.67. The number of likely N-dealkylation sites (tertiary alicyclic amines) is 1. The Labute approximate surface area is 149 Å². The Morgan fingerprint density at radius 3 is 2.79 bits per heavy atom. The van der Waals surface area contributed by atoms with Crippen molar-refractivity contribution in [1.82, 2.24) is 14.8 Å². The van der Waals surface area contributed by atoms with Crippen molar-refractivity contribution in [3.63, 3.8) is 0 Å². The van der Waals surface area contributed by atoms with E-state index < -0.39 is 12.1 Å². The summed E-state index contributed by atoms with van der Waals surface area (Å²) in [6.07, 6.45) is 0.369. The molecule has 0 radical (unpaired) electrons. The van der Waals surface area contributed by atoms with E-state index >= 15 is 0 Å². The summed E-state index contributed by atoms with van der Waals surface area (Å²) in [5.41, 5.74) is 0.824. The lowest BCUT2D eigenvalue weighted by molar-refractivity contribution is -0.120. The quantitative estimate of drug-likeness (QED) is 0.762. The van der Waals surface area contributed by atoms with E-state index in [1.54, 1.807) is 0 Å². The molecule has 0 spiro atoms. The lowest BCUT2D eigenvalue weighted by Crippen LogP contribution is -2.45. The first-order chi connectivity index (χ1) is 11.2. The first kappa shape index (κ1) is 17.2. The fourth-order valence-corrected chi connectivity index (χ4v) is 3.83. The highest BCUT2D eigenvalue weighted by molar-refractivity contribution is 9.10. The summed E-state index contributed by atoms with van der Waals surface area (Å²) in [5, 5.41) is 12.3. The summed E-state index contributed by atoms with van der Waals surface area (Å²) in [6, 6.07) is 3.03. The van der Waals surface area contributed by atoms with E-state index in [2.05, 4.69) is 26.2 Å². The predicted octanol–water partition coefficient (Wildman–Crippen LogP) is 2.38. The van der Waals surface area contributed by atoms with Gasteiger partial charge in [0.1, 0.15) is 16.5 Å². The second kappa shape index (κ2) is 6.00. The normalized spacial score (nSPS) is 28.0. The van der Waals surface area contributed by atoms with Gasteiger partial charge in [0.15, 0.2) is 0 Å². The highest BCUT2D eigenvalue weighted by atomic mass is 79.9. The molecule has 7 nitrogen and oxygen atoms in total. The Kier molecular flexibility index (Phi) is 4.29. The SMILES string of the molecule is CN(C)Cc1ccc(Br)nc1NC(=O)[C@@H]1C[C@@]2(C)C[C@H]2N1C(=O)O. The van der Waals surface area contributed by atoms with Gasteiger partial charge < -0.3 is 15.3 Å². The summed E-state index contributed by atoms with van der Waals surface area (Å²) in [7, 11) is 3.87. The van der Waals surface area contributed by atoms with Crippen molar-refractivity contribution in [1.29, 1.82) is 0 Å². The fraction of sp³-hybridized carbons (Fsp3) is 0.562. The van der Waals surface area contributed by atoms with Gasteiger partial charge in [0.05, 0.1) is 0 Å². The van der Waals surface area contributed by atoms with Gasteiger partial charge in [0, 0.05) is 18.2 Å². The molecule has 1 saturated heterocycles. The smallest absolute Gasteiger partial charge is 0.408 e. The van der Waals surface area contributed by atoms with Gasteiger partial charge in [0.25, 0.3) is 0 Å². The molecule has 3 atom stereocenters. The second-order valence-corrected chi connectivity index (χ2v) is 7.96. The number of pyridine rings is 1. The van der Waals surface area contributed by atoms with E-state index in [0.29, 0.717) is 23.4 Å². The van der Waals surface area contributed by atoms with Gasteiger partial charge in [-0.05, 0) is 54.3 Å². The van der Waals surface area contributed by atoms with Crippen LogP contribution in [0.4, 0.5) is 10.6 Å². The third kappa shape index (κ3) is 3.12. The standard InChI is InChI=1S/C16H21BrN4O3/c1-16-6-10(21(15(23)24)11(16)7-16)14(22)19-13-9(8-20(2)3)4-5-12(17)18-13/h4-5,10-11H,6-8H2,1-3H3,(H,23,24)(H,18,19,22)/t10-,11+,16-/m0/s1. The van der Waals surface area contributed by atoms with Crippen molar-refractivity contribution >= 4 is 33.7 Å². The van der Waals surface area contributed by atoms with Gasteiger partial charge in [-0.15, -0.1) is 0 Å². The largest absolute Gasteiger partial charge is 0.465 e. The minimum atomic E-state index is -1.03. The summed E-state index contributed by atoms with van der Waals surface area (Å²) in [4.78, 5) is 31.9. The third-order valence-electron chi connectivity index (χ3n) is 4.83. The predicted molar refractivity (Wildman–Crippen MR) is 92.7 cm³/mol. The number of carboxylic acid groups (broad SMARTS) is 1. The lowest BCUT2D eigenvalue weighted by atomic mass is 10.0. The Morgan fingerprint density at radius 2 is 2.17 bits per heavy atom. The second-order valence-electron chi connectivity index (χ2n) is 7.15. The highest BCUT2D eigenvalue weighted by Crippen LogP contribution is 2.59. The van der Waals surface area contributed by atoms with Crippen LogP contribution >= 0.6 is 15.9 Å². The average Bonchev–Trinajstić information content (AvgIpc) is 3.02. The Morgan fingerprint density at radius 1 is 1.46 bits per heavy atom. The zero-order chi connectivity index (χ0) is 17.6. The minimum Gasteiger partial charge on any atom is -0.465 e. The number of carbonyl (C=O) groups is 2. The summed E-state index contributed by atoms with van der Waals surface area (Å²) in [6.45, 7) is 2.67. The van der Waals surface area contributed by atoms with Crippen molar-refractivity contribution in [2.24, 2.45) is 5.41 Å². The molecule has 2 aliphatic rings. The number of nitrogens with one attached hydrogen (secondary N) is 1. The molecule has 0 unspecified atom stereocenters. The molecule has 2 N–H and O–H groups in total. The van der Waals surface area contributed by atoms with Crippen LogP contribution < -0.4 is 5.32 Å². The van der Waals surface area contributed by atoms with Crippen molar-refractivity contribution < 1.29 is 14.7 Å². The van der Waals surface area contributed by atoms with Crippen LogP contribution in [-0.4, -0.2) is 58.1 Å². The molecule has 8 heteroatoms. The number of hydrogen-bond acceptors (Lipinski definition) is 4. The molecule has 1 aliphatic carbocycles. The van der Waals surface area contributed by atoms with Crippen LogP contribution in [0.25, 0.3) is 0 Å². The van der Waals surface area contributed by atoms with Crippen LogP contribution in [-0.2, 0) is 11.3 Å². The van der Waals surface area contributed by atoms with Crippen molar-refractivity contribution in [3.05, 3.63) is 22.3 Å². The van der Waals surface area contributed by atoms with Crippen LogP contribution in [0.1, 0.15) is 25.3 Å². The van der Waals surface area contributed by atoms with E-state index in [9.17, 15) is 14.7 Å². The van der Waals surface area contributed by atoms with Gasteiger partial charge in [-0.1, -0.05) is 13.0 Å². The van der Waals surface area contributed by atoms with Crippen molar-refractivity contribution in [3.8, 4) is 0 Å². The number of piperidine rings is 1. The number of nitrogens with zero attached hydrogens (tertiary/aromatic N) is 3. The van der Waals surface area contributed by atoms with Gasteiger partial charge >= 0.3 is 6.09 Å². The molecule has 2 heterocycles. The monoisotopic (exact) mass is 396 g/mol. The fourth-order valence-electron chi connectivity index (χ4n) is 3.52. The maximum atomic E-state index is 12.7. The van der Waals surface area contributed by atoms with Crippen molar-refractivity contribution in [2.75, 3.05) is 19.4 Å². The number of aromatic nitrogens is 1. The van der Waals surface area contributed by atoms with E-state index in [4.69, 9.17) is 0 Å². The molecule has 0 bridgehead atoms. The number of rotatable bonds is 4.